The second-order valence-corrected chi connectivity index (χ2v) is 4.44. The molecule has 0 amide bonds. The van der Waals surface area contributed by atoms with Crippen molar-refractivity contribution in [2.24, 2.45) is 11.8 Å². The molecule has 0 radical (unpaired) electrons. The Bertz CT molecular complexity index is 143. The van der Waals surface area contributed by atoms with Crippen molar-refractivity contribution < 1.29 is 0 Å². The highest BCUT2D eigenvalue weighted by Gasteiger charge is 2.26. The summed E-state index contributed by atoms with van der Waals surface area (Å²) in [5, 5.41) is 3.65. The monoisotopic (exact) mass is 181 g/mol. The first-order valence-electron chi connectivity index (χ1n) is 5.60. The summed E-state index contributed by atoms with van der Waals surface area (Å²) in [4.78, 5) is 0. The predicted octanol–water partition coefficient (Wildman–Crippen LogP) is 2.98. The van der Waals surface area contributed by atoms with Crippen molar-refractivity contribution in [3.63, 3.8) is 0 Å². The van der Waals surface area contributed by atoms with Crippen LogP contribution in [0.25, 0.3) is 0 Å². The smallest absolute Gasteiger partial charge is 0.0118 e. The van der Waals surface area contributed by atoms with E-state index in [4.69, 9.17) is 0 Å². The van der Waals surface area contributed by atoms with Crippen LogP contribution in [0.15, 0.2) is 12.7 Å². The SMILES string of the molecule is C=CCCNC1C(C)CCCC1C. The van der Waals surface area contributed by atoms with Gasteiger partial charge < -0.3 is 5.32 Å². The molecule has 1 aliphatic rings. The van der Waals surface area contributed by atoms with E-state index >= 15 is 0 Å². The molecule has 1 fully saturated rings. The zero-order valence-corrected chi connectivity index (χ0v) is 9.05. The molecule has 0 aliphatic heterocycles. The fourth-order valence-corrected chi connectivity index (χ4v) is 2.44. The highest BCUT2D eigenvalue weighted by atomic mass is 14.9. The lowest BCUT2D eigenvalue weighted by Gasteiger charge is -2.35. The molecule has 0 aromatic carbocycles. The van der Waals surface area contributed by atoms with Gasteiger partial charge in [0.1, 0.15) is 0 Å². The molecule has 0 heterocycles. The maximum Gasteiger partial charge on any atom is 0.0118 e. The Balaban J connectivity index is 2.30. The van der Waals surface area contributed by atoms with Crippen LogP contribution in [0.2, 0.25) is 0 Å². The van der Waals surface area contributed by atoms with E-state index in [1.54, 1.807) is 0 Å². The molecule has 1 saturated carbocycles. The van der Waals surface area contributed by atoms with Crippen molar-refractivity contribution in [2.45, 2.75) is 45.6 Å². The van der Waals surface area contributed by atoms with Crippen LogP contribution in [0.3, 0.4) is 0 Å². The normalized spacial score (nSPS) is 34.5. The van der Waals surface area contributed by atoms with Crippen LogP contribution in [0, 0.1) is 11.8 Å². The van der Waals surface area contributed by atoms with Crippen molar-refractivity contribution in [3.05, 3.63) is 12.7 Å². The Morgan fingerprint density at radius 2 is 1.92 bits per heavy atom. The third-order valence-electron chi connectivity index (χ3n) is 3.27. The lowest BCUT2D eigenvalue weighted by molar-refractivity contribution is 0.210. The standard InChI is InChI=1S/C12H23N/c1-4-5-9-13-12-10(2)7-6-8-11(12)3/h4,10-13H,1,5-9H2,2-3H3. The first-order chi connectivity index (χ1) is 6.25. The number of nitrogens with one attached hydrogen (secondary N) is 1. The van der Waals surface area contributed by atoms with Crippen LogP contribution in [-0.2, 0) is 0 Å². The molecule has 1 aliphatic carbocycles. The number of hydrogen-bond acceptors (Lipinski definition) is 1. The number of rotatable bonds is 4. The molecular formula is C12H23N. The molecule has 0 saturated heterocycles. The van der Waals surface area contributed by atoms with Crippen LogP contribution in [-0.4, -0.2) is 12.6 Å². The zero-order valence-electron chi connectivity index (χ0n) is 9.05. The van der Waals surface area contributed by atoms with Crippen molar-refractivity contribution in [1.82, 2.24) is 5.32 Å². The summed E-state index contributed by atoms with van der Waals surface area (Å²) in [6.45, 7) is 9.59. The van der Waals surface area contributed by atoms with E-state index in [9.17, 15) is 0 Å². The summed E-state index contributed by atoms with van der Waals surface area (Å²) in [5.74, 6) is 1.71. The number of hydrogen-bond donors (Lipinski definition) is 1. The summed E-state index contributed by atoms with van der Waals surface area (Å²) in [5.41, 5.74) is 0. The zero-order chi connectivity index (χ0) is 9.68. The van der Waals surface area contributed by atoms with Crippen LogP contribution < -0.4 is 5.32 Å². The van der Waals surface area contributed by atoms with Crippen LogP contribution in [0.5, 0.6) is 0 Å². The first kappa shape index (κ1) is 10.8. The van der Waals surface area contributed by atoms with Crippen molar-refractivity contribution in [2.75, 3.05) is 6.54 Å². The van der Waals surface area contributed by atoms with Crippen LogP contribution in [0.4, 0.5) is 0 Å². The Morgan fingerprint density at radius 3 is 2.46 bits per heavy atom. The average Bonchev–Trinajstić information content (AvgIpc) is 2.10. The van der Waals surface area contributed by atoms with Crippen LogP contribution in [0.1, 0.15) is 39.5 Å². The molecular weight excluding hydrogens is 158 g/mol. The van der Waals surface area contributed by atoms with Gasteiger partial charge in [0, 0.05) is 6.04 Å². The minimum Gasteiger partial charge on any atom is -0.313 e. The molecule has 0 aromatic heterocycles. The predicted molar refractivity (Wildman–Crippen MR) is 58.8 cm³/mol. The lowest BCUT2D eigenvalue weighted by Crippen LogP contribution is -2.43. The highest BCUT2D eigenvalue weighted by molar-refractivity contribution is 4.83. The van der Waals surface area contributed by atoms with Crippen molar-refractivity contribution in [3.8, 4) is 0 Å². The van der Waals surface area contributed by atoms with Gasteiger partial charge in [0.2, 0.25) is 0 Å². The third kappa shape index (κ3) is 3.15. The largest absolute Gasteiger partial charge is 0.313 e. The van der Waals surface area contributed by atoms with Gasteiger partial charge in [0.25, 0.3) is 0 Å². The van der Waals surface area contributed by atoms with Gasteiger partial charge in [0.05, 0.1) is 0 Å². The van der Waals surface area contributed by atoms with Gasteiger partial charge in [-0.2, -0.15) is 0 Å². The summed E-state index contributed by atoms with van der Waals surface area (Å²) in [6.07, 6.45) is 7.30. The minimum atomic E-state index is 0.744. The second-order valence-electron chi connectivity index (χ2n) is 4.44. The Labute approximate surface area is 82.6 Å². The summed E-state index contributed by atoms with van der Waals surface area (Å²) in [6, 6.07) is 0.744. The van der Waals surface area contributed by atoms with E-state index in [1.807, 2.05) is 6.08 Å². The molecule has 1 nitrogen and oxygen atoms in total. The van der Waals surface area contributed by atoms with Crippen LogP contribution >= 0.6 is 0 Å². The molecule has 1 rings (SSSR count). The van der Waals surface area contributed by atoms with Gasteiger partial charge in [-0.25, -0.2) is 0 Å². The van der Waals surface area contributed by atoms with E-state index in [0.29, 0.717) is 0 Å². The topological polar surface area (TPSA) is 12.0 Å². The van der Waals surface area contributed by atoms with E-state index < -0.39 is 0 Å². The van der Waals surface area contributed by atoms with E-state index in [-0.39, 0.29) is 0 Å². The van der Waals surface area contributed by atoms with E-state index in [2.05, 4.69) is 25.7 Å². The highest BCUT2D eigenvalue weighted by Crippen LogP contribution is 2.28. The van der Waals surface area contributed by atoms with Crippen molar-refractivity contribution in [1.29, 1.82) is 0 Å². The van der Waals surface area contributed by atoms with Gasteiger partial charge in [-0.05, 0) is 37.6 Å². The van der Waals surface area contributed by atoms with Gasteiger partial charge >= 0.3 is 0 Å². The molecule has 0 spiro atoms. The van der Waals surface area contributed by atoms with Crippen molar-refractivity contribution >= 4 is 0 Å². The molecule has 2 atom stereocenters. The molecule has 1 N–H and O–H groups in total. The summed E-state index contributed by atoms with van der Waals surface area (Å²) < 4.78 is 0. The van der Waals surface area contributed by atoms with Gasteiger partial charge in [-0.15, -0.1) is 6.58 Å². The average molecular weight is 181 g/mol. The molecule has 0 bridgehead atoms. The molecule has 13 heavy (non-hydrogen) atoms. The van der Waals surface area contributed by atoms with Gasteiger partial charge in [-0.1, -0.05) is 26.3 Å². The molecule has 2 unspecified atom stereocenters. The van der Waals surface area contributed by atoms with E-state index in [0.717, 1.165) is 30.8 Å². The summed E-state index contributed by atoms with van der Waals surface area (Å²) >= 11 is 0. The molecule has 0 aromatic rings. The quantitative estimate of drug-likeness (QED) is 0.519. The van der Waals surface area contributed by atoms with E-state index in [1.165, 1.54) is 19.3 Å². The first-order valence-corrected chi connectivity index (χ1v) is 5.60. The van der Waals surface area contributed by atoms with Gasteiger partial charge in [0.15, 0.2) is 0 Å². The van der Waals surface area contributed by atoms with Gasteiger partial charge in [-0.3, -0.25) is 0 Å². The Kier molecular flexibility index (Phi) is 4.51. The maximum atomic E-state index is 3.74. The summed E-state index contributed by atoms with van der Waals surface area (Å²) in [7, 11) is 0. The Morgan fingerprint density at radius 1 is 1.31 bits per heavy atom. The fourth-order valence-electron chi connectivity index (χ4n) is 2.44. The third-order valence-corrected chi connectivity index (χ3v) is 3.27. The fraction of sp³-hybridized carbons (Fsp3) is 0.833. The minimum absolute atomic E-state index is 0.744. The second kappa shape index (κ2) is 5.43. The molecule has 76 valence electrons. The Hall–Kier alpha value is -0.300. The maximum absolute atomic E-state index is 3.74. The lowest BCUT2D eigenvalue weighted by atomic mass is 9.79. The molecule has 1 heteroatoms.